The lowest BCUT2D eigenvalue weighted by Gasteiger charge is -2.14. The van der Waals surface area contributed by atoms with Crippen LogP contribution in [-0.4, -0.2) is 28.9 Å². The third kappa shape index (κ3) is 2.04. The molecule has 0 radical (unpaired) electrons. The quantitative estimate of drug-likeness (QED) is 0.784. The van der Waals surface area contributed by atoms with Gasteiger partial charge in [-0.1, -0.05) is 11.6 Å². The fraction of sp³-hybridized carbons (Fsp3) is 0.400. The van der Waals surface area contributed by atoms with Gasteiger partial charge < -0.3 is 9.88 Å². The van der Waals surface area contributed by atoms with E-state index in [2.05, 4.69) is 4.98 Å². The van der Waals surface area contributed by atoms with Crippen molar-refractivity contribution in [1.82, 2.24) is 9.88 Å². The fourth-order valence-electron chi connectivity index (χ4n) is 1.71. The van der Waals surface area contributed by atoms with Gasteiger partial charge in [-0.3, -0.25) is 9.59 Å². The van der Waals surface area contributed by atoms with Crippen LogP contribution in [0.3, 0.4) is 0 Å². The van der Waals surface area contributed by atoms with E-state index in [1.165, 1.54) is 12.3 Å². The lowest BCUT2D eigenvalue weighted by Crippen LogP contribution is -2.32. The zero-order chi connectivity index (χ0) is 10.8. The number of nitrogens with zero attached hydrogens (tertiary/aromatic N) is 1. The van der Waals surface area contributed by atoms with Gasteiger partial charge in [-0.05, 0) is 18.9 Å². The number of likely N-dealkylation sites (tertiary alicyclic amines) is 1. The highest BCUT2D eigenvalue weighted by Crippen LogP contribution is 2.12. The molecule has 0 aliphatic carbocycles. The summed E-state index contributed by atoms with van der Waals surface area (Å²) in [6, 6.07) is 1.42. The maximum Gasteiger partial charge on any atom is 0.260 e. The second kappa shape index (κ2) is 4.06. The predicted molar refractivity (Wildman–Crippen MR) is 57.2 cm³/mol. The van der Waals surface area contributed by atoms with Gasteiger partial charge in [0.1, 0.15) is 5.56 Å². The molecule has 1 N–H and O–H groups in total. The third-order valence-electron chi connectivity index (χ3n) is 2.49. The van der Waals surface area contributed by atoms with Crippen molar-refractivity contribution in [3.8, 4) is 0 Å². The van der Waals surface area contributed by atoms with Crippen LogP contribution in [0.1, 0.15) is 23.2 Å². The van der Waals surface area contributed by atoms with Crippen molar-refractivity contribution in [3.05, 3.63) is 33.2 Å². The first-order valence-electron chi connectivity index (χ1n) is 4.86. The summed E-state index contributed by atoms with van der Waals surface area (Å²) in [6.07, 6.45) is 3.39. The molecule has 15 heavy (non-hydrogen) atoms. The molecule has 0 bridgehead atoms. The summed E-state index contributed by atoms with van der Waals surface area (Å²) in [6.45, 7) is 1.45. The Morgan fingerprint density at radius 2 is 2.07 bits per heavy atom. The molecule has 2 heterocycles. The number of amides is 1. The number of carbonyl (C=O) groups is 1. The van der Waals surface area contributed by atoms with Crippen LogP contribution in [0.15, 0.2) is 17.1 Å². The van der Waals surface area contributed by atoms with Gasteiger partial charge in [0.25, 0.3) is 11.5 Å². The fourth-order valence-corrected chi connectivity index (χ4v) is 1.87. The average molecular weight is 227 g/mol. The number of carbonyl (C=O) groups excluding carboxylic acids is 1. The van der Waals surface area contributed by atoms with Crippen LogP contribution >= 0.6 is 11.6 Å². The Kier molecular flexibility index (Phi) is 2.77. The highest BCUT2D eigenvalue weighted by molar-refractivity contribution is 6.30. The first kappa shape index (κ1) is 10.2. The molecule has 0 saturated carbocycles. The van der Waals surface area contributed by atoms with Crippen LogP contribution in [0, 0.1) is 0 Å². The summed E-state index contributed by atoms with van der Waals surface area (Å²) >= 11 is 5.73. The number of rotatable bonds is 1. The van der Waals surface area contributed by atoms with Gasteiger partial charge in [-0.2, -0.15) is 0 Å². The summed E-state index contributed by atoms with van der Waals surface area (Å²) in [4.78, 5) is 27.4. The number of H-pyrrole nitrogens is 1. The monoisotopic (exact) mass is 226 g/mol. The van der Waals surface area contributed by atoms with Crippen LogP contribution in [-0.2, 0) is 0 Å². The maximum atomic E-state index is 11.9. The number of hydrogen-bond acceptors (Lipinski definition) is 2. The number of aromatic nitrogens is 1. The van der Waals surface area contributed by atoms with Crippen molar-refractivity contribution in [2.75, 3.05) is 13.1 Å². The van der Waals surface area contributed by atoms with Gasteiger partial charge >= 0.3 is 0 Å². The number of nitrogens with one attached hydrogen (secondary N) is 1. The Bertz CT molecular complexity index is 435. The topological polar surface area (TPSA) is 53.2 Å². The molecule has 80 valence electrons. The molecule has 0 atom stereocenters. The lowest BCUT2D eigenvalue weighted by atomic mass is 10.2. The number of halogens is 1. The molecule has 0 unspecified atom stereocenters. The maximum absolute atomic E-state index is 11.9. The van der Waals surface area contributed by atoms with Crippen LogP contribution in [0.25, 0.3) is 0 Å². The molecule has 1 saturated heterocycles. The van der Waals surface area contributed by atoms with Gasteiger partial charge in [0.05, 0.1) is 5.02 Å². The normalized spacial score (nSPS) is 15.7. The van der Waals surface area contributed by atoms with E-state index in [0.29, 0.717) is 5.02 Å². The molecule has 1 aliphatic rings. The summed E-state index contributed by atoms with van der Waals surface area (Å²) in [5.41, 5.74) is -0.249. The molecule has 1 fully saturated rings. The predicted octanol–water partition coefficient (Wildman–Crippen LogP) is 1.26. The summed E-state index contributed by atoms with van der Waals surface area (Å²) < 4.78 is 0. The van der Waals surface area contributed by atoms with Crippen LogP contribution in [0.4, 0.5) is 0 Å². The zero-order valence-corrected chi connectivity index (χ0v) is 8.88. The Labute approximate surface area is 91.9 Å². The van der Waals surface area contributed by atoms with Crippen LogP contribution < -0.4 is 5.56 Å². The van der Waals surface area contributed by atoms with Crippen LogP contribution in [0.5, 0.6) is 0 Å². The highest BCUT2D eigenvalue weighted by atomic mass is 35.5. The Morgan fingerprint density at radius 3 is 2.73 bits per heavy atom. The molecule has 0 aromatic carbocycles. The zero-order valence-electron chi connectivity index (χ0n) is 8.12. The van der Waals surface area contributed by atoms with E-state index >= 15 is 0 Å². The van der Waals surface area contributed by atoms with Crippen LogP contribution in [0.2, 0.25) is 5.02 Å². The Hall–Kier alpha value is -1.29. The van der Waals surface area contributed by atoms with E-state index in [0.717, 1.165) is 25.9 Å². The third-order valence-corrected chi connectivity index (χ3v) is 2.71. The summed E-state index contributed by atoms with van der Waals surface area (Å²) in [5.74, 6) is -0.226. The van der Waals surface area contributed by atoms with E-state index in [1.807, 2.05) is 0 Å². The first-order chi connectivity index (χ1) is 7.18. The van der Waals surface area contributed by atoms with Crippen molar-refractivity contribution in [1.29, 1.82) is 0 Å². The second-order valence-electron chi connectivity index (χ2n) is 3.56. The lowest BCUT2D eigenvalue weighted by molar-refractivity contribution is 0.0791. The van der Waals surface area contributed by atoms with E-state index in [-0.39, 0.29) is 17.0 Å². The highest BCUT2D eigenvalue weighted by Gasteiger charge is 2.21. The minimum Gasteiger partial charge on any atom is -0.338 e. The van der Waals surface area contributed by atoms with E-state index < -0.39 is 0 Å². The molecular formula is C10H11ClN2O2. The van der Waals surface area contributed by atoms with Gasteiger partial charge in [0.15, 0.2) is 0 Å². The molecular weight excluding hydrogens is 216 g/mol. The van der Waals surface area contributed by atoms with Gasteiger partial charge in [0.2, 0.25) is 0 Å². The van der Waals surface area contributed by atoms with E-state index in [4.69, 9.17) is 11.6 Å². The SMILES string of the molecule is O=C(c1cc(Cl)c[nH]c1=O)N1CCCC1. The Morgan fingerprint density at radius 1 is 1.40 bits per heavy atom. The average Bonchev–Trinajstić information content (AvgIpc) is 2.74. The molecule has 1 aromatic rings. The van der Waals surface area contributed by atoms with Crippen molar-refractivity contribution < 1.29 is 4.79 Å². The minimum atomic E-state index is -0.378. The van der Waals surface area contributed by atoms with Gasteiger partial charge in [-0.15, -0.1) is 0 Å². The van der Waals surface area contributed by atoms with Gasteiger partial charge in [0, 0.05) is 19.3 Å². The Balaban J connectivity index is 2.32. The molecule has 4 nitrogen and oxygen atoms in total. The summed E-state index contributed by atoms with van der Waals surface area (Å²) in [5, 5.41) is 0.372. The molecule has 1 aliphatic heterocycles. The van der Waals surface area contributed by atoms with Crippen molar-refractivity contribution in [2.45, 2.75) is 12.8 Å². The van der Waals surface area contributed by atoms with E-state index in [1.54, 1.807) is 4.90 Å². The number of pyridine rings is 1. The molecule has 2 rings (SSSR count). The smallest absolute Gasteiger partial charge is 0.260 e. The largest absolute Gasteiger partial charge is 0.338 e. The molecule has 1 amide bonds. The van der Waals surface area contributed by atoms with Crippen molar-refractivity contribution >= 4 is 17.5 Å². The minimum absolute atomic E-state index is 0.129. The van der Waals surface area contributed by atoms with E-state index in [9.17, 15) is 9.59 Å². The first-order valence-corrected chi connectivity index (χ1v) is 5.24. The number of aromatic amines is 1. The molecule has 1 aromatic heterocycles. The molecule has 0 spiro atoms. The molecule has 5 heteroatoms. The summed E-state index contributed by atoms with van der Waals surface area (Å²) in [7, 11) is 0. The van der Waals surface area contributed by atoms with Crippen molar-refractivity contribution in [2.24, 2.45) is 0 Å². The number of hydrogen-bond donors (Lipinski definition) is 1. The van der Waals surface area contributed by atoms with Gasteiger partial charge in [-0.25, -0.2) is 0 Å². The second-order valence-corrected chi connectivity index (χ2v) is 4.00. The van der Waals surface area contributed by atoms with Crippen molar-refractivity contribution in [3.63, 3.8) is 0 Å². The standard InChI is InChI=1S/C10H11ClN2O2/c11-7-5-8(9(14)12-6-7)10(15)13-3-1-2-4-13/h5-6H,1-4H2,(H,12,14).